The van der Waals surface area contributed by atoms with Crippen LogP contribution in [0.2, 0.25) is 0 Å². The van der Waals surface area contributed by atoms with Gasteiger partial charge in [-0.25, -0.2) is 0 Å². The summed E-state index contributed by atoms with van der Waals surface area (Å²) >= 11 is 1.83. The molecule has 1 rings (SSSR count). The smallest absolute Gasteiger partial charge is 0.191 e. The minimum atomic E-state index is 0.774. The van der Waals surface area contributed by atoms with Crippen molar-refractivity contribution in [3.8, 4) is 0 Å². The van der Waals surface area contributed by atoms with Crippen molar-refractivity contribution >= 4 is 17.7 Å². The summed E-state index contributed by atoms with van der Waals surface area (Å²) in [5.41, 5.74) is 1.49. The van der Waals surface area contributed by atoms with Crippen LogP contribution in [0.15, 0.2) is 16.6 Å². The second kappa shape index (κ2) is 9.36. The van der Waals surface area contributed by atoms with Crippen molar-refractivity contribution in [1.29, 1.82) is 0 Å². The summed E-state index contributed by atoms with van der Waals surface area (Å²) in [5.74, 6) is 2.00. The summed E-state index contributed by atoms with van der Waals surface area (Å²) in [6.45, 7) is 3.53. The van der Waals surface area contributed by atoms with Crippen molar-refractivity contribution in [1.82, 2.24) is 10.6 Å². The highest BCUT2D eigenvalue weighted by atomic mass is 32.2. The fraction of sp³-hybridized carbons (Fsp3) is 0.750. The van der Waals surface area contributed by atoms with Crippen LogP contribution in [-0.4, -0.2) is 51.3 Å². The van der Waals surface area contributed by atoms with Gasteiger partial charge in [0.1, 0.15) is 0 Å². The lowest BCUT2D eigenvalue weighted by molar-refractivity contribution is 0.153. The molecule has 2 N–H and O–H groups in total. The van der Waals surface area contributed by atoms with Crippen LogP contribution in [0, 0.1) is 0 Å². The highest BCUT2D eigenvalue weighted by molar-refractivity contribution is 7.98. The van der Waals surface area contributed by atoms with Crippen molar-refractivity contribution in [2.75, 3.05) is 45.4 Å². The molecule has 0 atom stereocenters. The van der Waals surface area contributed by atoms with Gasteiger partial charge in [-0.1, -0.05) is 11.6 Å². The van der Waals surface area contributed by atoms with Gasteiger partial charge in [0, 0.05) is 25.9 Å². The van der Waals surface area contributed by atoms with Crippen LogP contribution in [0.3, 0.4) is 0 Å². The maximum Gasteiger partial charge on any atom is 0.191 e. The number of hydrogen-bond acceptors (Lipinski definition) is 3. The van der Waals surface area contributed by atoms with Gasteiger partial charge in [0.2, 0.25) is 0 Å². The van der Waals surface area contributed by atoms with Gasteiger partial charge in [0.15, 0.2) is 5.96 Å². The van der Waals surface area contributed by atoms with Gasteiger partial charge < -0.3 is 15.4 Å². The predicted octanol–water partition coefficient (Wildman–Crippen LogP) is 1.25. The lowest BCUT2D eigenvalue weighted by Gasteiger charge is -2.15. The van der Waals surface area contributed by atoms with E-state index < -0.39 is 0 Å². The Morgan fingerprint density at radius 3 is 2.94 bits per heavy atom. The lowest BCUT2D eigenvalue weighted by atomic mass is 10.1. The number of aliphatic imine (C=N–C) groups is 1. The van der Waals surface area contributed by atoms with Gasteiger partial charge >= 0.3 is 0 Å². The molecule has 0 radical (unpaired) electrons. The molecule has 4 nitrogen and oxygen atoms in total. The van der Waals surface area contributed by atoms with Gasteiger partial charge in [0.25, 0.3) is 0 Å². The molecule has 1 aliphatic heterocycles. The quantitative estimate of drug-likeness (QED) is 0.325. The molecular weight excluding hydrogens is 234 g/mol. The first-order valence-electron chi connectivity index (χ1n) is 6.06. The number of hydrogen-bond donors (Lipinski definition) is 2. The number of thioether (sulfide) groups is 1. The third kappa shape index (κ3) is 6.58. The molecule has 0 fully saturated rings. The highest BCUT2D eigenvalue weighted by Gasteiger charge is 2.03. The van der Waals surface area contributed by atoms with Crippen molar-refractivity contribution in [3.05, 3.63) is 11.6 Å². The van der Waals surface area contributed by atoms with Crippen LogP contribution in [0.25, 0.3) is 0 Å². The molecule has 0 aromatic rings. The first-order valence-corrected chi connectivity index (χ1v) is 7.45. The fourth-order valence-electron chi connectivity index (χ4n) is 1.63. The number of ether oxygens (including phenoxy) is 1. The first kappa shape index (κ1) is 14.4. The Hall–Kier alpha value is -0.680. The summed E-state index contributed by atoms with van der Waals surface area (Å²) in [7, 11) is 1.81. The Morgan fingerprint density at radius 2 is 2.29 bits per heavy atom. The summed E-state index contributed by atoms with van der Waals surface area (Å²) in [5, 5.41) is 6.61. The molecule has 17 heavy (non-hydrogen) atoms. The van der Waals surface area contributed by atoms with Crippen molar-refractivity contribution in [2.45, 2.75) is 12.8 Å². The molecule has 1 aliphatic rings. The molecule has 0 saturated heterocycles. The summed E-state index contributed by atoms with van der Waals surface area (Å²) in [6, 6.07) is 0. The zero-order valence-corrected chi connectivity index (χ0v) is 11.6. The molecule has 0 aromatic heterocycles. The predicted molar refractivity (Wildman–Crippen MR) is 75.9 cm³/mol. The zero-order valence-electron chi connectivity index (χ0n) is 10.8. The Labute approximate surface area is 108 Å². The van der Waals surface area contributed by atoms with E-state index in [2.05, 4.69) is 28.0 Å². The molecule has 0 spiro atoms. The zero-order chi connectivity index (χ0) is 12.3. The molecule has 0 unspecified atom stereocenters. The number of nitrogens with zero attached hydrogens (tertiary/aromatic N) is 1. The van der Waals surface area contributed by atoms with Crippen LogP contribution in [0.4, 0.5) is 0 Å². The number of nitrogens with one attached hydrogen (secondary N) is 2. The molecule has 0 saturated carbocycles. The maximum absolute atomic E-state index is 5.28. The average molecular weight is 257 g/mol. The van der Waals surface area contributed by atoms with Crippen molar-refractivity contribution in [3.63, 3.8) is 0 Å². The molecule has 0 bridgehead atoms. The molecule has 0 aliphatic carbocycles. The molecule has 5 heteroatoms. The second-order valence-corrected chi connectivity index (χ2v) is 4.84. The van der Waals surface area contributed by atoms with Crippen LogP contribution >= 0.6 is 11.8 Å². The SMILES string of the molecule is CN=C(NCCSC)NCCC1=CCOCC1. The minimum absolute atomic E-state index is 0.774. The summed E-state index contributed by atoms with van der Waals surface area (Å²) < 4.78 is 5.28. The maximum atomic E-state index is 5.28. The van der Waals surface area contributed by atoms with Crippen LogP contribution in [0.1, 0.15) is 12.8 Å². The third-order valence-corrected chi connectivity index (χ3v) is 3.23. The van der Waals surface area contributed by atoms with E-state index in [9.17, 15) is 0 Å². The van der Waals surface area contributed by atoms with Crippen LogP contribution in [-0.2, 0) is 4.74 Å². The van der Waals surface area contributed by atoms with E-state index in [0.29, 0.717) is 0 Å². The average Bonchev–Trinajstić information content (AvgIpc) is 2.38. The summed E-state index contributed by atoms with van der Waals surface area (Å²) in [6.07, 6.45) is 6.44. The van der Waals surface area contributed by atoms with E-state index in [-0.39, 0.29) is 0 Å². The van der Waals surface area contributed by atoms with E-state index in [4.69, 9.17) is 4.74 Å². The molecule has 0 aromatic carbocycles. The molecule has 1 heterocycles. The largest absolute Gasteiger partial charge is 0.377 e. The lowest BCUT2D eigenvalue weighted by Crippen LogP contribution is -2.39. The van der Waals surface area contributed by atoms with Crippen LogP contribution in [0.5, 0.6) is 0 Å². The normalized spacial score (nSPS) is 16.6. The Balaban J connectivity index is 2.12. The molecule has 98 valence electrons. The Bertz CT molecular complexity index is 266. The van der Waals surface area contributed by atoms with Gasteiger partial charge in [-0.15, -0.1) is 0 Å². The highest BCUT2D eigenvalue weighted by Crippen LogP contribution is 2.10. The number of guanidine groups is 1. The van der Waals surface area contributed by atoms with Gasteiger partial charge in [-0.3, -0.25) is 4.99 Å². The van der Waals surface area contributed by atoms with Gasteiger partial charge in [0.05, 0.1) is 13.2 Å². The third-order valence-electron chi connectivity index (χ3n) is 2.62. The van der Waals surface area contributed by atoms with Crippen molar-refractivity contribution < 1.29 is 4.74 Å². The standard InChI is InChI=1S/C12H23N3OS/c1-13-12(15-7-10-17-2)14-6-3-11-4-8-16-9-5-11/h4H,3,5-10H2,1-2H3,(H2,13,14,15). The topological polar surface area (TPSA) is 45.7 Å². The van der Waals surface area contributed by atoms with Crippen molar-refractivity contribution in [2.24, 2.45) is 4.99 Å². The number of rotatable bonds is 6. The Morgan fingerprint density at radius 1 is 1.47 bits per heavy atom. The van der Waals surface area contributed by atoms with E-state index >= 15 is 0 Å². The Kier molecular flexibility index (Phi) is 7.92. The van der Waals surface area contributed by atoms with Gasteiger partial charge in [-0.2, -0.15) is 11.8 Å². The van der Waals surface area contributed by atoms with E-state index in [0.717, 1.165) is 50.9 Å². The molecular formula is C12H23N3OS. The van der Waals surface area contributed by atoms with Gasteiger partial charge in [-0.05, 0) is 19.1 Å². The first-order chi connectivity index (χ1) is 8.36. The van der Waals surface area contributed by atoms with E-state index in [1.165, 1.54) is 5.57 Å². The minimum Gasteiger partial charge on any atom is -0.377 e. The molecule has 0 amide bonds. The monoisotopic (exact) mass is 257 g/mol. The van der Waals surface area contributed by atoms with Crippen LogP contribution < -0.4 is 10.6 Å². The van der Waals surface area contributed by atoms with E-state index in [1.54, 1.807) is 0 Å². The fourth-order valence-corrected chi connectivity index (χ4v) is 1.93. The second-order valence-electron chi connectivity index (χ2n) is 3.86. The summed E-state index contributed by atoms with van der Waals surface area (Å²) in [4.78, 5) is 4.18. The van der Waals surface area contributed by atoms with E-state index in [1.807, 2.05) is 18.8 Å².